The van der Waals surface area contributed by atoms with E-state index in [1.807, 2.05) is 0 Å². The number of carboxylic acids is 1. The Kier molecular flexibility index (Phi) is 8.50. The first-order valence-electron chi connectivity index (χ1n) is 8.17. The summed E-state index contributed by atoms with van der Waals surface area (Å²) in [5.41, 5.74) is -0.535. The second kappa shape index (κ2) is 9.71. The fourth-order valence-corrected chi connectivity index (χ4v) is 3.62. The van der Waals surface area contributed by atoms with E-state index in [2.05, 4.69) is 4.72 Å². The normalized spacial score (nSPS) is 12.7. The molecule has 6 nitrogen and oxygen atoms in total. The summed E-state index contributed by atoms with van der Waals surface area (Å²) in [7, 11) is -3.57. The van der Waals surface area contributed by atoms with Crippen LogP contribution in [0.1, 0.15) is 26.3 Å². The third-order valence-corrected chi connectivity index (χ3v) is 5.35. The van der Waals surface area contributed by atoms with E-state index >= 15 is 0 Å². The van der Waals surface area contributed by atoms with Crippen LogP contribution in [0.15, 0.2) is 59.5 Å². The van der Waals surface area contributed by atoms with Crippen molar-refractivity contribution >= 4 is 16.0 Å². The van der Waals surface area contributed by atoms with Crippen molar-refractivity contribution < 1.29 is 52.6 Å². The molecule has 0 radical (unpaired) electrons. The van der Waals surface area contributed by atoms with Crippen molar-refractivity contribution in [1.29, 1.82) is 0 Å². The van der Waals surface area contributed by atoms with Crippen LogP contribution in [0.5, 0.6) is 5.75 Å². The molecule has 0 aliphatic rings. The molecule has 1 atom stereocenters. The van der Waals surface area contributed by atoms with E-state index in [4.69, 9.17) is 4.74 Å². The topological polar surface area (TPSA) is 95.5 Å². The largest absolute Gasteiger partial charge is 1.00 e. The fourth-order valence-electron chi connectivity index (χ4n) is 2.36. The van der Waals surface area contributed by atoms with Gasteiger partial charge in [0.25, 0.3) is 0 Å². The SMILES string of the molecule is C[C@@H](Cc1ccc(OC(C)(C)C(=O)[O-])cc1)NS(=O)(=O)c1ccccc1.[Na+]. The quantitative estimate of drug-likeness (QED) is 0.546. The van der Waals surface area contributed by atoms with Crippen LogP contribution in [0.2, 0.25) is 0 Å². The zero-order valence-corrected chi connectivity index (χ0v) is 18.7. The number of hydrogen-bond acceptors (Lipinski definition) is 5. The molecule has 0 saturated heterocycles. The van der Waals surface area contributed by atoms with E-state index in [0.717, 1.165) is 5.56 Å². The van der Waals surface area contributed by atoms with Gasteiger partial charge < -0.3 is 14.6 Å². The van der Waals surface area contributed by atoms with Crippen LogP contribution in [0.4, 0.5) is 0 Å². The number of nitrogens with one attached hydrogen (secondary N) is 1. The molecular weight excluding hydrogens is 377 g/mol. The smallest absolute Gasteiger partial charge is 0.546 e. The summed E-state index contributed by atoms with van der Waals surface area (Å²) in [5, 5.41) is 11.0. The molecule has 0 aliphatic carbocycles. The van der Waals surface area contributed by atoms with Crippen LogP contribution in [-0.2, 0) is 21.2 Å². The zero-order chi connectivity index (χ0) is 19.4. The van der Waals surface area contributed by atoms with Gasteiger partial charge in [-0.05, 0) is 57.0 Å². The van der Waals surface area contributed by atoms with Crippen molar-refractivity contribution in [2.75, 3.05) is 0 Å². The standard InChI is InChI=1S/C19H23NO5S.Na/c1-14(20-26(23,24)17-7-5-4-6-8-17)13-15-9-11-16(12-10-15)25-19(2,3)18(21)22;/h4-12,14,20H,13H2,1-3H3,(H,21,22);/q;+1/p-1/t14-;/m0./s1. The van der Waals surface area contributed by atoms with Crippen LogP contribution >= 0.6 is 0 Å². The number of sulfonamides is 1. The Morgan fingerprint density at radius 3 is 2.19 bits per heavy atom. The number of carbonyl (C=O) groups is 1. The molecule has 0 amide bonds. The van der Waals surface area contributed by atoms with Crippen molar-refractivity contribution in [2.45, 2.75) is 43.7 Å². The Bertz CT molecular complexity index is 851. The summed E-state index contributed by atoms with van der Waals surface area (Å²) in [6.07, 6.45) is 0.482. The number of hydrogen-bond donors (Lipinski definition) is 1. The van der Waals surface area contributed by atoms with Gasteiger partial charge in [-0.25, -0.2) is 13.1 Å². The van der Waals surface area contributed by atoms with E-state index < -0.39 is 21.6 Å². The predicted molar refractivity (Wildman–Crippen MR) is 96.1 cm³/mol. The van der Waals surface area contributed by atoms with Gasteiger partial charge in [-0.15, -0.1) is 0 Å². The van der Waals surface area contributed by atoms with Crippen molar-refractivity contribution in [3.8, 4) is 5.75 Å². The molecule has 8 heteroatoms. The Balaban J connectivity index is 0.00000364. The Morgan fingerprint density at radius 1 is 1.11 bits per heavy atom. The molecule has 0 heterocycles. The fraction of sp³-hybridized carbons (Fsp3) is 0.316. The molecule has 0 aromatic heterocycles. The first kappa shape index (κ1) is 23.7. The Morgan fingerprint density at radius 2 is 1.67 bits per heavy atom. The maximum absolute atomic E-state index is 12.3. The molecule has 2 aromatic carbocycles. The maximum atomic E-state index is 12.3. The van der Waals surface area contributed by atoms with Gasteiger partial charge in [-0.1, -0.05) is 30.3 Å². The summed E-state index contributed by atoms with van der Waals surface area (Å²) < 4.78 is 32.7. The zero-order valence-electron chi connectivity index (χ0n) is 15.9. The molecule has 2 aromatic rings. The average molecular weight is 399 g/mol. The summed E-state index contributed by atoms with van der Waals surface area (Å²) in [5.74, 6) is -0.897. The average Bonchev–Trinajstić information content (AvgIpc) is 2.56. The van der Waals surface area contributed by atoms with Crippen LogP contribution < -0.4 is 44.1 Å². The summed E-state index contributed by atoms with van der Waals surface area (Å²) in [6, 6.07) is 14.7. The van der Waals surface area contributed by atoms with Crippen LogP contribution in [-0.4, -0.2) is 26.0 Å². The van der Waals surface area contributed by atoms with Gasteiger partial charge in [0.15, 0.2) is 0 Å². The number of benzene rings is 2. The Labute approximate surface area is 182 Å². The molecule has 0 aliphatic heterocycles. The Hall–Kier alpha value is -1.38. The first-order valence-corrected chi connectivity index (χ1v) is 9.65. The minimum absolute atomic E-state index is 0. The predicted octanol–water partition coefficient (Wildman–Crippen LogP) is -1.49. The molecule has 27 heavy (non-hydrogen) atoms. The third kappa shape index (κ3) is 6.93. The summed E-state index contributed by atoms with van der Waals surface area (Å²) in [4.78, 5) is 11.2. The van der Waals surface area contributed by atoms with E-state index in [9.17, 15) is 18.3 Å². The van der Waals surface area contributed by atoms with Crippen LogP contribution in [0, 0.1) is 0 Å². The number of ether oxygens (including phenoxy) is 1. The molecule has 2 rings (SSSR count). The minimum atomic E-state index is -3.57. The second-order valence-electron chi connectivity index (χ2n) is 6.58. The summed E-state index contributed by atoms with van der Waals surface area (Å²) in [6.45, 7) is 4.61. The molecule has 0 spiro atoms. The van der Waals surface area contributed by atoms with Gasteiger partial charge in [0.1, 0.15) is 11.4 Å². The van der Waals surface area contributed by atoms with Crippen molar-refractivity contribution in [3.05, 3.63) is 60.2 Å². The van der Waals surface area contributed by atoms with Crippen molar-refractivity contribution in [2.24, 2.45) is 0 Å². The van der Waals surface area contributed by atoms with Gasteiger partial charge in [0.2, 0.25) is 10.0 Å². The van der Waals surface area contributed by atoms with Crippen LogP contribution in [0.25, 0.3) is 0 Å². The molecule has 140 valence electrons. The van der Waals surface area contributed by atoms with Crippen LogP contribution in [0.3, 0.4) is 0 Å². The third-order valence-electron chi connectivity index (χ3n) is 3.74. The van der Waals surface area contributed by atoms with E-state index in [1.165, 1.54) is 13.8 Å². The second-order valence-corrected chi connectivity index (χ2v) is 8.30. The van der Waals surface area contributed by atoms with Gasteiger partial charge in [-0.2, -0.15) is 0 Å². The van der Waals surface area contributed by atoms with Crippen molar-refractivity contribution in [3.63, 3.8) is 0 Å². The number of carbonyl (C=O) groups excluding carboxylic acids is 1. The number of rotatable bonds is 8. The first-order chi connectivity index (χ1) is 12.1. The van der Waals surface area contributed by atoms with Gasteiger partial charge in [-0.3, -0.25) is 0 Å². The molecule has 0 fully saturated rings. The van der Waals surface area contributed by atoms with Gasteiger partial charge >= 0.3 is 29.6 Å². The molecular formula is C19H22NNaO5S. The van der Waals surface area contributed by atoms with E-state index in [0.29, 0.717) is 12.2 Å². The molecule has 1 N–H and O–H groups in total. The molecule has 0 saturated carbocycles. The maximum Gasteiger partial charge on any atom is 1.00 e. The number of aliphatic carboxylic acids is 1. The van der Waals surface area contributed by atoms with Gasteiger partial charge in [0.05, 0.1) is 10.9 Å². The summed E-state index contributed by atoms with van der Waals surface area (Å²) >= 11 is 0. The van der Waals surface area contributed by atoms with Crippen molar-refractivity contribution in [1.82, 2.24) is 4.72 Å². The van der Waals surface area contributed by atoms with E-state index in [1.54, 1.807) is 61.5 Å². The number of carboxylic acid groups (broad SMARTS) is 1. The minimum Gasteiger partial charge on any atom is -0.546 e. The molecule has 0 unspecified atom stereocenters. The molecule has 0 bridgehead atoms. The monoisotopic (exact) mass is 399 g/mol. The van der Waals surface area contributed by atoms with Gasteiger partial charge in [0, 0.05) is 6.04 Å². The van der Waals surface area contributed by atoms with E-state index in [-0.39, 0.29) is 40.5 Å².